The van der Waals surface area contributed by atoms with Crippen LogP contribution in [-0.4, -0.2) is 45.0 Å². The zero-order valence-corrected chi connectivity index (χ0v) is 16.2. The van der Waals surface area contributed by atoms with Gasteiger partial charge in [-0.15, -0.1) is 0 Å². The van der Waals surface area contributed by atoms with Crippen LogP contribution in [0.2, 0.25) is 0 Å². The molecule has 0 bridgehead atoms. The second-order valence-corrected chi connectivity index (χ2v) is 7.47. The zero-order valence-electron chi connectivity index (χ0n) is 16.2. The summed E-state index contributed by atoms with van der Waals surface area (Å²) in [7, 11) is 0. The van der Waals surface area contributed by atoms with Gasteiger partial charge in [0.05, 0.1) is 6.61 Å². The van der Waals surface area contributed by atoms with Crippen LogP contribution in [0.25, 0.3) is 0 Å². The zero-order chi connectivity index (χ0) is 20.2. The van der Waals surface area contributed by atoms with E-state index in [0.29, 0.717) is 5.56 Å². The number of pyridine rings is 1. The summed E-state index contributed by atoms with van der Waals surface area (Å²) >= 11 is 0. The summed E-state index contributed by atoms with van der Waals surface area (Å²) in [5.74, 6) is -0.977. The predicted octanol–water partition coefficient (Wildman–Crippen LogP) is 2.20. The fourth-order valence-corrected chi connectivity index (χ4v) is 2.94. The van der Waals surface area contributed by atoms with Crippen molar-refractivity contribution in [1.82, 2.24) is 9.47 Å². The van der Waals surface area contributed by atoms with E-state index in [9.17, 15) is 19.5 Å². The largest absolute Gasteiger partial charge is 0.395 e. The first kappa shape index (κ1) is 20.6. The average Bonchev–Trinajstić information content (AvgIpc) is 2.61. The second kappa shape index (κ2) is 8.31. The van der Waals surface area contributed by atoms with Gasteiger partial charge in [-0.3, -0.25) is 19.0 Å². The molecule has 144 valence electrons. The summed E-state index contributed by atoms with van der Waals surface area (Å²) in [6, 6.07) is 10.2. The highest BCUT2D eigenvalue weighted by Crippen LogP contribution is 2.22. The lowest BCUT2D eigenvalue weighted by molar-refractivity contribution is -0.138. The molecule has 6 heteroatoms. The quantitative estimate of drug-likeness (QED) is 0.624. The van der Waals surface area contributed by atoms with Gasteiger partial charge < -0.3 is 10.0 Å². The maximum Gasteiger partial charge on any atom is 0.254 e. The van der Waals surface area contributed by atoms with Crippen LogP contribution >= 0.6 is 0 Å². The van der Waals surface area contributed by atoms with E-state index in [0.717, 1.165) is 5.56 Å². The lowest BCUT2D eigenvalue weighted by atomic mass is 9.99. The molecule has 1 N–H and O–H groups in total. The van der Waals surface area contributed by atoms with Crippen molar-refractivity contribution in [3.8, 4) is 0 Å². The number of aliphatic hydroxyl groups excluding tert-OH is 1. The van der Waals surface area contributed by atoms with Crippen LogP contribution in [0.5, 0.6) is 0 Å². The number of aromatic nitrogens is 1. The van der Waals surface area contributed by atoms with E-state index in [-0.39, 0.29) is 13.2 Å². The first-order chi connectivity index (χ1) is 12.7. The van der Waals surface area contributed by atoms with Crippen LogP contribution in [0.3, 0.4) is 0 Å². The molecule has 27 heavy (non-hydrogen) atoms. The molecule has 0 aliphatic carbocycles. The maximum absolute atomic E-state index is 13.4. The highest BCUT2D eigenvalue weighted by atomic mass is 16.3. The molecule has 0 spiro atoms. The Bertz CT molecular complexity index is 866. The molecule has 0 saturated carbocycles. The van der Waals surface area contributed by atoms with Gasteiger partial charge in [-0.2, -0.15) is 0 Å². The topological polar surface area (TPSA) is 79.6 Å². The Balaban J connectivity index is 2.60. The molecule has 1 atom stereocenters. The summed E-state index contributed by atoms with van der Waals surface area (Å²) in [5, 5.41) is 9.40. The number of hydrogen-bond acceptors (Lipinski definition) is 4. The summed E-state index contributed by atoms with van der Waals surface area (Å²) in [4.78, 5) is 40.5. The number of β-amino-alcohol motifs (C(OH)–C–C–N with tert-alkyl or cyclic N) is 1. The average molecular weight is 370 g/mol. The van der Waals surface area contributed by atoms with E-state index in [1.165, 1.54) is 21.7 Å². The molecule has 2 rings (SSSR count). The molecule has 2 aromatic rings. The summed E-state index contributed by atoms with van der Waals surface area (Å²) in [6.45, 7) is 7.07. The van der Waals surface area contributed by atoms with Crippen molar-refractivity contribution >= 4 is 11.7 Å². The number of benzene rings is 1. The van der Waals surface area contributed by atoms with Crippen LogP contribution in [0.4, 0.5) is 0 Å². The molecule has 1 aromatic heterocycles. The van der Waals surface area contributed by atoms with Crippen molar-refractivity contribution in [2.45, 2.75) is 39.3 Å². The number of ketones is 1. The Morgan fingerprint density at radius 3 is 2.30 bits per heavy atom. The molecule has 1 unspecified atom stereocenters. The fraction of sp³-hybridized carbons (Fsp3) is 0.381. The first-order valence-electron chi connectivity index (χ1n) is 8.87. The molecular formula is C21H26N2O4. The third-order valence-electron chi connectivity index (χ3n) is 4.32. The smallest absolute Gasteiger partial charge is 0.254 e. The Morgan fingerprint density at radius 2 is 1.78 bits per heavy atom. The molecule has 1 heterocycles. The van der Waals surface area contributed by atoms with Crippen molar-refractivity contribution in [3.05, 3.63) is 70.1 Å². The number of nitrogens with zero attached hydrogens (tertiary/aromatic N) is 2. The molecular weight excluding hydrogens is 344 g/mol. The van der Waals surface area contributed by atoms with Gasteiger partial charge in [0.15, 0.2) is 11.8 Å². The molecule has 0 aliphatic rings. The van der Waals surface area contributed by atoms with Crippen LogP contribution < -0.4 is 5.56 Å². The Hall–Kier alpha value is -2.73. The lowest BCUT2D eigenvalue weighted by Gasteiger charge is -2.37. The van der Waals surface area contributed by atoms with Crippen molar-refractivity contribution in [2.75, 3.05) is 13.2 Å². The van der Waals surface area contributed by atoms with E-state index in [4.69, 9.17) is 0 Å². The first-order valence-corrected chi connectivity index (χ1v) is 8.87. The SMILES string of the molecule is Cc1ccn(C(C(=O)c2ccccc2)C(=O)N(CCO)C(C)(C)C)c(=O)c1. The van der Waals surface area contributed by atoms with Crippen molar-refractivity contribution in [2.24, 2.45) is 0 Å². The van der Waals surface area contributed by atoms with Crippen molar-refractivity contribution in [3.63, 3.8) is 0 Å². The van der Waals surface area contributed by atoms with Crippen LogP contribution in [0, 0.1) is 6.92 Å². The van der Waals surface area contributed by atoms with E-state index in [1.54, 1.807) is 43.3 Å². The van der Waals surface area contributed by atoms with Gasteiger partial charge in [0.25, 0.3) is 11.5 Å². The molecule has 1 amide bonds. The van der Waals surface area contributed by atoms with E-state index in [2.05, 4.69) is 0 Å². The summed E-state index contributed by atoms with van der Waals surface area (Å²) in [5.41, 5.74) is 0.0536. The minimum atomic E-state index is -1.33. The molecule has 0 saturated heterocycles. The molecule has 6 nitrogen and oxygen atoms in total. The number of carbonyl (C=O) groups excluding carboxylic acids is 2. The number of aryl methyl sites for hydroxylation is 1. The minimum absolute atomic E-state index is 0.0709. The van der Waals surface area contributed by atoms with Crippen LogP contribution in [0.15, 0.2) is 53.5 Å². The van der Waals surface area contributed by atoms with E-state index in [1.807, 2.05) is 20.8 Å². The van der Waals surface area contributed by atoms with Crippen LogP contribution in [0.1, 0.15) is 42.7 Å². The summed E-state index contributed by atoms with van der Waals surface area (Å²) in [6.07, 6.45) is 1.47. The monoisotopic (exact) mass is 370 g/mol. The van der Waals surface area contributed by atoms with Gasteiger partial charge in [0.1, 0.15) is 0 Å². The van der Waals surface area contributed by atoms with Gasteiger partial charge >= 0.3 is 0 Å². The Labute approximate surface area is 159 Å². The number of hydrogen-bond donors (Lipinski definition) is 1. The number of carbonyl (C=O) groups is 2. The minimum Gasteiger partial charge on any atom is -0.395 e. The van der Waals surface area contributed by atoms with Gasteiger partial charge in [-0.1, -0.05) is 30.3 Å². The molecule has 0 aliphatic heterocycles. The number of amides is 1. The van der Waals surface area contributed by atoms with E-state index < -0.39 is 28.8 Å². The summed E-state index contributed by atoms with van der Waals surface area (Å²) < 4.78 is 1.17. The third kappa shape index (κ3) is 4.71. The van der Waals surface area contributed by atoms with E-state index >= 15 is 0 Å². The number of rotatable bonds is 6. The normalized spacial score (nSPS) is 12.5. The lowest BCUT2D eigenvalue weighted by Crippen LogP contribution is -2.52. The molecule has 1 aromatic carbocycles. The highest BCUT2D eigenvalue weighted by molar-refractivity contribution is 6.11. The molecule has 0 fully saturated rings. The Morgan fingerprint density at radius 1 is 1.15 bits per heavy atom. The standard InChI is InChI=1S/C21H26N2O4/c1-15-10-11-22(17(25)14-15)18(19(26)16-8-6-5-7-9-16)20(27)23(12-13-24)21(2,3)4/h5-11,14,18,24H,12-13H2,1-4H3. The van der Waals surface area contributed by atoms with Gasteiger partial charge in [-0.05, 0) is 39.3 Å². The second-order valence-electron chi connectivity index (χ2n) is 7.47. The van der Waals surface area contributed by atoms with Gasteiger partial charge in [-0.25, -0.2) is 0 Å². The highest BCUT2D eigenvalue weighted by Gasteiger charge is 2.37. The van der Waals surface area contributed by atoms with Gasteiger partial charge in [0.2, 0.25) is 0 Å². The third-order valence-corrected chi connectivity index (χ3v) is 4.32. The maximum atomic E-state index is 13.4. The van der Waals surface area contributed by atoms with Crippen LogP contribution in [-0.2, 0) is 4.79 Å². The molecule has 0 radical (unpaired) electrons. The Kier molecular flexibility index (Phi) is 6.33. The van der Waals surface area contributed by atoms with Crippen molar-refractivity contribution in [1.29, 1.82) is 0 Å². The number of Topliss-reactive ketones (excluding diaryl/α,β-unsaturated/α-hetero) is 1. The fourth-order valence-electron chi connectivity index (χ4n) is 2.94. The number of aliphatic hydroxyl groups is 1. The van der Waals surface area contributed by atoms with Gasteiger partial charge in [0, 0.05) is 29.9 Å². The predicted molar refractivity (Wildman–Crippen MR) is 104 cm³/mol. The van der Waals surface area contributed by atoms with Crippen molar-refractivity contribution < 1.29 is 14.7 Å².